The van der Waals surface area contributed by atoms with Gasteiger partial charge in [0.15, 0.2) is 0 Å². The van der Waals surface area contributed by atoms with Gasteiger partial charge in [-0.1, -0.05) is 29.8 Å². The first kappa shape index (κ1) is 18.8. The monoisotopic (exact) mass is 398 g/mol. The van der Waals surface area contributed by atoms with E-state index in [9.17, 15) is 9.59 Å². The van der Waals surface area contributed by atoms with Crippen LogP contribution in [0.15, 0.2) is 48.5 Å². The molecule has 0 bridgehead atoms. The second-order valence-corrected chi connectivity index (χ2v) is 7.89. The van der Waals surface area contributed by atoms with Gasteiger partial charge in [-0.05, 0) is 48.7 Å². The van der Waals surface area contributed by atoms with Gasteiger partial charge < -0.3 is 15.0 Å². The van der Waals surface area contributed by atoms with Crippen molar-refractivity contribution in [2.45, 2.75) is 24.8 Å². The maximum atomic E-state index is 13.0. The molecule has 2 atom stereocenters. The van der Waals surface area contributed by atoms with E-state index in [0.717, 1.165) is 24.2 Å². The Hall–Kier alpha value is -2.53. The minimum absolute atomic E-state index is 0.0183. The minimum Gasteiger partial charge on any atom is -0.496 e. The first-order chi connectivity index (χ1) is 13.6. The molecule has 0 spiro atoms. The fourth-order valence-corrected chi connectivity index (χ4v) is 3.96. The molecule has 5 nitrogen and oxygen atoms in total. The quantitative estimate of drug-likeness (QED) is 0.838. The molecule has 1 saturated heterocycles. The van der Waals surface area contributed by atoms with Crippen molar-refractivity contribution in [3.8, 4) is 5.75 Å². The Kier molecular flexibility index (Phi) is 5.27. The second-order valence-electron chi connectivity index (χ2n) is 7.45. The van der Waals surface area contributed by atoms with Gasteiger partial charge in [0, 0.05) is 35.6 Å². The Morgan fingerprint density at radius 3 is 2.46 bits per heavy atom. The van der Waals surface area contributed by atoms with Gasteiger partial charge in [0.05, 0.1) is 13.0 Å². The van der Waals surface area contributed by atoms with Gasteiger partial charge in [-0.2, -0.15) is 0 Å². The van der Waals surface area contributed by atoms with E-state index in [1.54, 1.807) is 36.3 Å². The zero-order valence-electron chi connectivity index (χ0n) is 15.7. The third kappa shape index (κ3) is 3.85. The van der Waals surface area contributed by atoms with Crippen molar-refractivity contribution in [2.75, 3.05) is 20.2 Å². The first-order valence-corrected chi connectivity index (χ1v) is 9.92. The van der Waals surface area contributed by atoms with Crippen LogP contribution in [0.25, 0.3) is 0 Å². The lowest BCUT2D eigenvalue weighted by Crippen LogP contribution is -2.36. The summed E-state index contributed by atoms with van der Waals surface area (Å²) in [6, 6.07) is 14.9. The summed E-state index contributed by atoms with van der Waals surface area (Å²) in [5.41, 5.74) is 1.54. The lowest BCUT2D eigenvalue weighted by molar-refractivity contribution is -0.125. The number of hydrogen-bond acceptors (Lipinski definition) is 3. The highest BCUT2D eigenvalue weighted by molar-refractivity contribution is 6.30. The van der Waals surface area contributed by atoms with E-state index >= 15 is 0 Å². The predicted molar refractivity (Wildman–Crippen MR) is 108 cm³/mol. The van der Waals surface area contributed by atoms with Gasteiger partial charge in [-0.15, -0.1) is 0 Å². The van der Waals surface area contributed by atoms with Gasteiger partial charge >= 0.3 is 0 Å². The normalized spacial score (nSPS) is 21.4. The van der Waals surface area contributed by atoms with Crippen LogP contribution in [0.4, 0.5) is 0 Å². The van der Waals surface area contributed by atoms with Crippen LogP contribution in [0.1, 0.15) is 34.7 Å². The molecule has 2 fully saturated rings. The zero-order chi connectivity index (χ0) is 19.7. The maximum absolute atomic E-state index is 13.0. The summed E-state index contributed by atoms with van der Waals surface area (Å²) in [5, 5.41) is 3.69. The Morgan fingerprint density at radius 2 is 1.79 bits per heavy atom. The number of para-hydroxylation sites is 1. The summed E-state index contributed by atoms with van der Waals surface area (Å²) in [5.74, 6) is 0.278. The molecule has 28 heavy (non-hydrogen) atoms. The molecule has 1 saturated carbocycles. The average Bonchev–Trinajstić information content (AvgIpc) is 3.41. The number of amides is 2. The molecular formula is C22H23ClN2O3. The first-order valence-electron chi connectivity index (χ1n) is 9.55. The van der Waals surface area contributed by atoms with Gasteiger partial charge in [-0.25, -0.2) is 0 Å². The molecule has 2 aliphatic rings. The van der Waals surface area contributed by atoms with Gasteiger partial charge in [0.2, 0.25) is 5.91 Å². The van der Waals surface area contributed by atoms with Crippen molar-refractivity contribution in [1.29, 1.82) is 0 Å². The minimum atomic E-state index is -0.298. The van der Waals surface area contributed by atoms with E-state index in [4.69, 9.17) is 16.3 Å². The molecule has 0 aromatic heterocycles. The SMILES string of the molecule is COc1ccccc1[C@H]1CN(C(=O)c2ccc(Cl)cc2)C[C@H]1C(=O)NC1CC1. The van der Waals surface area contributed by atoms with Crippen LogP contribution in [-0.2, 0) is 4.79 Å². The van der Waals surface area contributed by atoms with Crippen LogP contribution in [0.2, 0.25) is 5.02 Å². The average molecular weight is 399 g/mol. The van der Waals surface area contributed by atoms with E-state index in [0.29, 0.717) is 23.7 Å². The van der Waals surface area contributed by atoms with Crippen LogP contribution in [-0.4, -0.2) is 43.0 Å². The fourth-order valence-electron chi connectivity index (χ4n) is 3.83. The largest absolute Gasteiger partial charge is 0.496 e. The molecule has 0 radical (unpaired) electrons. The Morgan fingerprint density at radius 1 is 1.07 bits per heavy atom. The fraction of sp³-hybridized carbons (Fsp3) is 0.364. The van der Waals surface area contributed by atoms with Gasteiger partial charge in [-0.3, -0.25) is 9.59 Å². The molecule has 6 heteroatoms. The number of methoxy groups -OCH3 is 1. The molecule has 2 aromatic carbocycles. The van der Waals surface area contributed by atoms with Crippen LogP contribution >= 0.6 is 11.6 Å². The van der Waals surface area contributed by atoms with Gasteiger partial charge in [0.25, 0.3) is 5.91 Å². The third-order valence-corrected chi connectivity index (χ3v) is 5.75. The maximum Gasteiger partial charge on any atom is 0.253 e. The van der Waals surface area contributed by atoms with Crippen LogP contribution < -0.4 is 10.1 Å². The molecule has 146 valence electrons. The summed E-state index contributed by atoms with van der Waals surface area (Å²) in [6.07, 6.45) is 2.07. The molecule has 2 aromatic rings. The van der Waals surface area contributed by atoms with Crippen molar-refractivity contribution in [1.82, 2.24) is 10.2 Å². The highest BCUT2D eigenvalue weighted by Gasteiger charge is 2.42. The van der Waals surface area contributed by atoms with Crippen molar-refractivity contribution in [3.05, 3.63) is 64.7 Å². The predicted octanol–water partition coefficient (Wildman–Crippen LogP) is 3.48. The smallest absolute Gasteiger partial charge is 0.253 e. The van der Waals surface area contributed by atoms with Crippen LogP contribution in [0.5, 0.6) is 5.75 Å². The second kappa shape index (κ2) is 7.84. The van der Waals surface area contributed by atoms with Crippen molar-refractivity contribution in [3.63, 3.8) is 0 Å². The molecule has 2 amide bonds. The summed E-state index contributed by atoms with van der Waals surface area (Å²) < 4.78 is 5.52. The zero-order valence-corrected chi connectivity index (χ0v) is 16.5. The number of carbonyl (C=O) groups is 2. The Labute approximate surface area is 169 Å². The number of halogens is 1. The number of nitrogens with one attached hydrogen (secondary N) is 1. The van der Waals surface area contributed by atoms with Crippen molar-refractivity contribution in [2.24, 2.45) is 5.92 Å². The lowest BCUT2D eigenvalue weighted by Gasteiger charge is -2.20. The van der Waals surface area contributed by atoms with E-state index in [2.05, 4.69) is 5.32 Å². The third-order valence-electron chi connectivity index (χ3n) is 5.50. The van der Waals surface area contributed by atoms with Crippen LogP contribution in [0, 0.1) is 5.92 Å². The number of carbonyl (C=O) groups excluding carboxylic acids is 2. The molecule has 1 aliphatic heterocycles. The number of hydrogen-bond donors (Lipinski definition) is 1. The molecular weight excluding hydrogens is 376 g/mol. The number of nitrogens with zero attached hydrogens (tertiary/aromatic N) is 1. The van der Waals surface area contributed by atoms with Gasteiger partial charge in [0.1, 0.15) is 5.75 Å². The van der Waals surface area contributed by atoms with Crippen LogP contribution in [0.3, 0.4) is 0 Å². The molecule has 1 N–H and O–H groups in total. The van der Waals surface area contributed by atoms with E-state index < -0.39 is 0 Å². The summed E-state index contributed by atoms with van der Waals surface area (Å²) >= 11 is 5.94. The molecule has 0 unspecified atom stereocenters. The number of likely N-dealkylation sites (tertiary alicyclic amines) is 1. The molecule has 1 aliphatic carbocycles. The summed E-state index contributed by atoms with van der Waals surface area (Å²) in [6.45, 7) is 0.868. The standard InChI is InChI=1S/C22H23ClN2O3/c1-28-20-5-3-2-4-17(20)18-12-25(13-19(18)21(26)24-16-10-11-16)22(27)14-6-8-15(23)9-7-14/h2-9,16,18-19H,10-13H2,1H3,(H,24,26)/t18-,19-/m1/s1. The highest BCUT2D eigenvalue weighted by Crippen LogP contribution is 2.38. The number of ether oxygens (including phenoxy) is 1. The topological polar surface area (TPSA) is 58.6 Å². The lowest BCUT2D eigenvalue weighted by atomic mass is 9.87. The number of rotatable bonds is 5. The Balaban J connectivity index is 1.61. The summed E-state index contributed by atoms with van der Waals surface area (Å²) in [4.78, 5) is 27.7. The van der Waals surface area contributed by atoms with E-state index in [1.807, 2.05) is 24.3 Å². The Bertz CT molecular complexity index is 880. The van der Waals surface area contributed by atoms with E-state index in [1.165, 1.54) is 0 Å². The molecule has 4 rings (SSSR count). The van der Waals surface area contributed by atoms with Crippen molar-refractivity contribution < 1.29 is 14.3 Å². The summed E-state index contributed by atoms with van der Waals surface area (Å²) in [7, 11) is 1.63. The number of benzene rings is 2. The van der Waals surface area contributed by atoms with E-state index in [-0.39, 0.29) is 29.7 Å². The molecule has 1 heterocycles. The van der Waals surface area contributed by atoms with Crippen molar-refractivity contribution >= 4 is 23.4 Å². The highest BCUT2D eigenvalue weighted by atomic mass is 35.5.